The van der Waals surface area contributed by atoms with Crippen molar-refractivity contribution in [3.63, 3.8) is 0 Å². The Morgan fingerprint density at radius 1 is 0.577 bits per heavy atom. The Labute approximate surface area is 303 Å². The molecule has 0 saturated carbocycles. The highest BCUT2D eigenvalue weighted by Crippen LogP contribution is 2.52. The van der Waals surface area contributed by atoms with Crippen molar-refractivity contribution in [2.45, 2.75) is 19.3 Å². The first-order valence-corrected chi connectivity index (χ1v) is 18.4. The molecule has 10 aromatic rings. The molecule has 0 aliphatic heterocycles. The van der Waals surface area contributed by atoms with Gasteiger partial charge in [-0.3, -0.25) is 0 Å². The number of hydrogen-bond donors (Lipinski definition) is 1. The number of fused-ring (bicyclic) bond motifs is 12. The molecule has 52 heavy (non-hydrogen) atoms. The summed E-state index contributed by atoms with van der Waals surface area (Å²) in [5.41, 5.74) is 12.1. The minimum Gasteiger partial charge on any atom is -0.308 e. The van der Waals surface area contributed by atoms with E-state index in [-0.39, 0.29) is 5.41 Å². The summed E-state index contributed by atoms with van der Waals surface area (Å²) >= 11 is 1.81. The number of para-hydroxylation sites is 2. The van der Waals surface area contributed by atoms with E-state index in [9.17, 15) is 5.26 Å². The summed E-state index contributed by atoms with van der Waals surface area (Å²) in [6.45, 7) is 4.64. The van der Waals surface area contributed by atoms with Gasteiger partial charge in [0.2, 0.25) is 0 Å². The van der Waals surface area contributed by atoms with Crippen molar-refractivity contribution in [1.82, 2.24) is 9.13 Å². The smallest absolute Gasteiger partial charge is 0.101 e. The fourth-order valence-electron chi connectivity index (χ4n) is 9.07. The van der Waals surface area contributed by atoms with Gasteiger partial charge in [-0.1, -0.05) is 92.7 Å². The molecule has 0 atom stereocenters. The van der Waals surface area contributed by atoms with E-state index in [4.69, 9.17) is 5.41 Å². The van der Waals surface area contributed by atoms with Crippen molar-refractivity contribution in [2.75, 3.05) is 0 Å². The molecule has 5 heteroatoms. The summed E-state index contributed by atoms with van der Waals surface area (Å²) in [6.07, 6.45) is 1.35. The van der Waals surface area contributed by atoms with Crippen LogP contribution in [-0.2, 0) is 5.41 Å². The largest absolute Gasteiger partial charge is 0.308 e. The molecule has 1 aliphatic rings. The second-order valence-electron chi connectivity index (χ2n) is 14.4. The first-order valence-electron chi connectivity index (χ1n) is 17.6. The van der Waals surface area contributed by atoms with Crippen LogP contribution in [0.25, 0.3) is 86.3 Å². The summed E-state index contributed by atoms with van der Waals surface area (Å²) < 4.78 is 7.11. The Kier molecular flexibility index (Phi) is 5.79. The van der Waals surface area contributed by atoms with Crippen molar-refractivity contribution in [2.24, 2.45) is 0 Å². The Morgan fingerprint density at radius 3 is 1.98 bits per heavy atom. The number of aromatic nitrogens is 2. The average Bonchev–Trinajstić information content (AvgIpc) is 3.87. The zero-order chi connectivity index (χ0) is 34.9. The lowest BCUT2D eigenvalue weighted by Crippen LogP contribution is -2.15. The van der Waals surface area contributed by atoms with Crippen LogP contribution in [-0.4, -0.2) is 15.3 Å². The van der Waals surface area contributed by atoms with Gasteiger partial charge >= 0.3 is 0 Å². The van der Waals surface area contributed by atoms with Crippen molar-refractivity contribution < 1.29 is 0 Å². The Hall–Kier alpha value is -6.48. The third-order valence-electron chi connectivity index (χ3n) is 11.4. The van der Waals surface area contributed by atoms with Gasteiger partial charge in [0, 0.05) is 53.3 Å². The molecule has 0 amide bonds. The zero-order valence-corrected chi connectivity index (χ0v) is 29.3. The normalized spacial score (nSPS) is 13.4. The molecule has 4 nitrogen and oxygen atoms in total. The predicted octanol–water partition coefficient (Wildman–Crippen LogP) is 12.4. The van der Waals surface area contributed by atoms with E-state index >= 15 is 0 Å². The summed E-state index contributed by atoms with van der Waals surface area (Å²) in [7, 11) is 0. The maximum atomic E-state index is 11.0. The minimum absolute atomic E-state index is 0.199. The van der Waals surface area contributed by atoms with Crippen LogP contribution in [0.4, 0.5) is 0 Å². The third kappa shape index (κ3) is 3.72. The standard InChI is InChI=1S/C47H30N4S/c1-47(2)37-15-7-3-11-29(37)33-21-34-35-22-36-32-14-6-10-18-44(32)52-45(36)24-42(35)51(41(34)23-38(33)47)46-28(26-49)19-27(25-48)20-43(46)50-39-16-8-4-12-30(39)31-13-5-9-17-40(31)50/h3-25,48H,1-2H3. The van der Waals surface area contributed by atoms with Crippen LogP contribution in [0.15, 0.2) is 133 Å². The molecule has 0 radical (unpaired) electrons. The van der Waals surface area contributed by atoms with E-state index in [1.165, 1.54) is 48.6 Å². The molecule has 7 aromatic carbocycles. The summed E-state index contributed by atoms with van der Waals surface area (Å²) in [5.74, 6) is 0. The van der Waals surface area contributed by atoms with Crippen LogP contribution in [0.3, 0.4) is 0 Å². The lowest BCUT2D eigenvalue weighted by atomic mass is 9.82. The molecule has 1 N–H and O–H groups in total. The van der Waals surface area contributed by atoms with E-state index in [2.05, 4.69) is 156 Å². The second kappa shape index (κ2) is 10.3. The number of nitrogens with zero attached hydrogens (tertiary/aromatic N) is 3. The number of thiophene rings is 1. The SMILES string of the molecule is CC1(C)c2ccccc2-c2cc3c4cc5c(cc4n(-c4c(C#N)cc(C=N)cc4-n4c6ccccc6c6ccccc64)c3cc21)sc1ccccc15. The molecule has 11 rings (SSSR count). The summed E-state index contributed by atoms with van der Waals surface area (Å²) in [6, 6.07) is 50.4. The van der Waals surface area contributed by atoms with Crippen molar-refractivity contribution in [3.8, 4) is 28.6 Å². The first-order chi connectivity index (χ1) is 25.5. The fourth-order valence-corrected chi connectivity index (χ4v) is 10.2. The fraction of sp³-hybridized carbons (Fsp3) is 0.0638. The van der Waals surface area contributed by atoms with Gasteiger partial charge in [0.05, 0.1) is 39.0 Å². The van der Waals surface area contributed by atoms with Crippen LogP contribution in [0.5, 0.6) is 0 Å². The molecule has 0 unspecified atom stereocenters. The minimum atomic E-state index is -0.199. The Bertz CT molecular complexity index is 3200. The zero-order valence-electron chi connectivity index (χ0n) is 28.5. The molecule has 3 heterocycles. The summed E-state index contributed by atoms with van der Waals surface area (Å²) in [5, 5.41) is 26.5. The van der Waals surface area contributed by atoms with E-state index in [0.717, 1.165) is 55.0 Å². The van der Waals surface area contributed by atoms with E-state index < -0.39 is 0 Å². The highest BCUT2D eigenvalue weighted by Gasteiger charge is 2.36. The van der Waals surface area contributed by atoms with Gasteiger partial charge in [0.25, 0.3) is 0 Å². The topological polar surface area (TPSA) is 57.5 Å². The van der Waals surface area contributed by atoms with Gasteiger partial charge in [-0.15, -0.1) is 11.3 Å². The maximum Gasteiger partial charge on any atom is 0.101 e. The second-order valence-corrected chi connectivity index (χ2v) is 15.5. The van der Waals surface area contributed by atoms with Gasteiger partial charge in [-0.05, 0) is 82.4 Å². The highest BCUT2D eigenvalue weighted by molar-refractivity contribution is 7.25. The van der Waals surface area contributed by atoms with E-state index in [1.807, 2.05) is 17.4 Å². The lowest BCUT2D eigenvalue weighted by molar-refractivity contribution is 0.661. The molecular weight excluding hydrogens is 653 g/mol. The molecular formula is C47H30N4S. The molecule has 0 fully saturated rings. The predicted molar refractivity (Wildman–Crippen MR) is 218 cm³/mol. The molecule has 0 spiro atoms. The molecule has 244 valence electrons. The van der Waals surface area contributed by atoms with Gasteiger partial charge < -0.3 is 14.5 Å². The quantitative estimate of drug-likeness (QED) is 0.185. The van der Waals surface area contributed by atoms with Crippen LogP contribution >= 0.6 is 11.3 Å². The molecule has 3 aromatic heterocycles. The van der Waals surface area contributed by atoms with Gasteiger partial charge in [0.15, 0.2) is 0 Å². The van der Waals surface area contributed by atoms with E-state index in [1.54, 1.807) is 0 Å². The molecule has 0 saturated heterocycles. The van der Waals surface area contributed by atoms with Crippen LogP contribution in [0, 0.1) is 16.7 Å². The van der Waals surface area contributed by atoms with Crippen molar-refractivity contribution in [1.29, 1.82) is 10.7 Å². The highest BCUT2D eigenvalue weighted by atomic mass is 32.1. The Morgan fingerprint density at radius 2 is 1.23 bits per heavy atom. The number of hydrogen-bond acceptors (Lipinski definition) is 3. The van der Waals surface area contributed by atoms with Crippen LogP contribution in [0.1, 0.15) is 36.1 Å². The third-order valence-corrected chi connectivity index (χ3v) is 12.5. The Balaban J connectivity index is 1.36. The van der Waals surface area contributed by atoms with Gasteiger partial charge in [-0.2, -0.15) is 5.26 Å². The van der Waals surface area contributed by atoms with Crippen molar-refractivity contribution >= 4 is 81.3 Å². The van der Waals surface area contributed by atoms with E-state index in [0.29, 0.717) is 11.1 Å². The number of nitriles is 1. The number of benzene rings is 7. The van der Waals surface area contributed by atoms with Crippen LogP contribution < -0.4 is 0 Å². The number of rotatable bonds is 3. The first kappa shape index (κ1) is 29.3. The van der Waals surface area contributed by atoms with Gasteiger partial charge in [0.1, 0.15) is 6.07 Å². The average molecular weight is 683 g/mol. The number of nitrogens with one attached hydrogen (secondary N) is 1. The van der Waals surface area contributed by atoms with Gasteiger partial charge in [-0.25, -0.2) is 0 Å². The van der Waals surface area contributed by atoms with Crippen LogP contribution in [0.2, 0.25) is 0 Å². The summed E-state index contributed by atoms with van der Waals surface area (Å²) in [4.78, 5) is 0. The lowest BCUT2D eigenvalue weighted by Gasteiger charge is -2.22. The maximum absolute atomic E-state index is 11.0. The molecule has 1 aliphatic carbocycles. The van der Waals surface area contributed by atoms with Crippen molar-refractivity contribution in [3.05, 3.63) is 156 Å². The molecule has 0 bridgehead atoms. The monoisotopic (exact) mass is 682 g/mol.